The topological polar surface area (TPSA) is 92.7 Å². The van der Waals surface area contributed by atoms with Gasteiger partial charge in [-0.3, -0.25) is 0 Å². The Bertz CT molecular complexity index is 715. The van der Waals surface area contributed by atoms with Crippen molar-refractivity contribution >= 4 is 49.0 Å². The van der Waals surface area contributed by atoms with Crippen LogP contribution in [0.4, 0.5) is 0 Å². The van der Waals surface area contributed by atoms with E-state index in [1.165, 1.54) is 26.2 Å². The predicted molar refractivity (Wildman–Crippen MR) is 162 cm³/mol. The van der Waals surface area contributed by atoms with Crippen LogP contribution in [0.25, 0.3) is 0 Å². The zero-order valence-electron chi connectivity index (χ0n) is 25.8. The number of rotatable bonds is 19. The van der Waals surface area contributed by atoms with E-state index in [1.807, 2.05) is 0 Å². The summed E-state index contributed by atoms with van der Waals surface area (Å²) in [6, 6.07) is 1.16. The van der Waals surface area contributed by atoms with Gasteiger partial charge in [-0.25, -0.2) is 4.79 Å². The maximum absolute atomic E-state index is 11.8. The van der Waals surface area contributed by atoms with Crippen molar-refractivity contribution in [2.24, 2.45) is 0 Å². The lowest BCUT2D eigenvalue weighted by atomic mass is 10.3. The Kier molecular flexibility index (Phi) is 16.2. The number of hydrogen-bond donors (Lipinski definition) is 1. The van der Waals surface area contributed by atoms with Crippen molar-refractivity contribution in [2.75, 3.05) is 6.61 Å². The zero-order chi connectivity index (χ0) is 29.1. The van der Waals surface area contributed by atoms with E-state index in [1.54, 1.807) is 6.92 Å². The van der Waals surface area contributed by atoms with E-state index in [0.717, 1.165) is 18.7 Å². The number of aliphatic hydroxyl groups excluding tert-OH is 1. The van der Waals surface area contributed by atoms with Gasteiger partial charge in [-0.1, -0.05) is 33.1 Å². The lowest BCUT2D eigenvalue weighted by Gasteiger charge is -2.41. The van der Waals surface area contributed by atoms with Crippen molar-refractivity contribution < 1.29 is 35.8 Å². The molecule has 0 heterocycles. The van der Waals surface area contributed by atoms with Gasteiger partial charge in [0.25, 0.3) is 0 Å². The first-order valence-corrected chi connectivity index (χ1v) is 27.1. The second kappa shape index (κ2) is 16.2. The molecule has 0 saturated carbocycles. The average Bonchev–Trinajstić information content (AvgIpc) is 2.70. The van der Waals surface area contributed by atoms with E-state index < -0.39 is 55.1 Å². The van der Waals surface area contributed by atoms with Crippen LogP contribution in [0.15, 0.2) is 11.8 Å². The smallest absolute Gasteiger partial charge is 0.337 e. The molecule has 1 radical (unpaired) electrons. The first-order valence-electron chi connectivity index (χ1n) is 13.5. The molecule has 1 N–H and O–H groups in total. The molecule has 219 valence electrons. The zero-order valence-corrected chi connectivity index (χ0v) is 30.8. The minimum atomic E-state index is -2.51. The van der Waals surface area contributed by atoms with Gasteiger partial charge < -0.3 is 31.0 Å². The molecule has 0 aromatic carbocycles. The Morgan fingerprint density at radius 1 is 0.919 bits per heavy atom. The number of carbonyl (C=O) groups is 1. The molecule has 0 spiro atoms. The molecule has 37 heavy (non-hydrogen) atoms. The predicted octanol–water partition coefficient (Wildman–Crippen LogP) is 6.90. The largest absolute Gasteiger partial charge is 0.515 e. The SMILES string of the molecule is CCCCC[Si](C)(C)O[Si](C)(C)O[Si](C)(C)O[Si](C)(C)O[Si](C)C(CC)OCC(C)OC(=O)/C(C)=C/O. The molecule has 0 rings (SSSR count). The standard InChI is InChI=1S/C24H55O8Si5/c1-14-16-17-18-34(6,7)30-36(10,11)32-37(12,13)31-35(8,9)29-33(5)23(15-2)27-20-22(4)28-24(26)21(3)19-25/h19,22-23,25H,14-18,20H2,1-13H3/b21-19+. The first kappa shape index (κ1) is 36.9. The number of unbranched alkanes of at least 4 members (excludes halogenated alkanes) is 2. The van der Waals surface area contributed by atoms with E-state index in [2.05, 4.69) is 72.8 Å². The minimum Gasteiger partial charge on any atom is -0.515 e. The molecule has 2 unspecified atom stereocenters. The molecule has 13 heteroatoms. The van der Waals surface area contributed by atoms with E-state index in [9.17, 15) is 4.79 Å². The van der Waals surface area contributed by atoms with Gasteiger partial charge in [-0.15, -0.1) is 0 Å². The number of aliphatic hydroxyl groups is 1. The molecular weight excluding hydrogens is 557 g/mol. The Labute approximate surface area is 233 Å². The quantitative estimate of drug-likeness (QED) is 0.0554. The van der Waals surface area contributed by atoms with Gasteiger partial charge in [0.15, 0.2) is 8.32 Å². The lowest BCUT2D eigenvalue weighted by molar-refractivity contribution is -0.146. The highest BCUT2D eigenvalue weighted by atomic mass is 28.5. The summed E-state index contributed by atoms with van der Waals surface area (Å²) in [5.74, 6) is -0.554. The fourth-order valence-electron chi connectivity index (χ4n) is 4.35. The second-order valence-electron chi connectivity index (χ2n) is 11.7. The molecule has 2 atom stereocenters. The highest BCUT2D eigenvalue weighted by Crippen LogP contribution is 2.27. The third-order valence-electron chi connectivity index (χ3n) is 5.47. The number of hydrogen-bond acceptors (Lipinski definition) is 8. The number of esters is 1. The first-order chi connectivity index (χ1) is 16.8. The summed E-state index contributed by atoms with van der Waals surface area (Å²) in [5.41, 5.74) is 0.0752. The molecular formula is C24H55O8Si5. The maximum Gasteiger partial charge on any atom is 0.337 e. The average molecular weight is 612 g/mol. The van der Waals surface area contributed by atoms with E-state index in [0.29, 0.717) is 0 Å². The second-order valence-corrected chi connectivity index (χ2v) is 29.2. The molecule has 0 aromatic rings. The van der Waals surface area contributed by atoms with Crippen molar-refractivity contribution in [1.29, 1.82) is 0 Å². The van der Waals surface area contributed by atoms with Crippen LogP contribution in [0.3, 0.4) is 0 Å². The number of ether oxygens (including phenoxy) is 2. The summed E-state index contributed by atoms with van der Waals surface area (Å²) in [6.45, 7) is 27.1. The Morgan fingerprint density at radius 3 is 1.97 bits per heavy atom. The monoisotopic (exact) mass is 611 g/mol. The van der Waals surface area contributed by atoms with Gasteiger partial charge in [0.1, 0.15) is 6.10 Å². The fourth-order valence-corrected chi connectivity index (χ4v) is 26.8. The molecule has 0 bridgehead atoms. The maximum atomic E-state index is 11.8. The van der Waals surface area contributed by atoms with Crippen molar-refractivity contribution in [1.82, 2.24) is 0 Å². The normalized spacial score (nSPS) is 15.7. The summed E-state index contributed by atoms with van der Waals surface area (Å²) in [5, 5.41) is 8.96. The molecule has 0 fully saturated rings. The van der Waals surface area contributed by atoms with Gasteiger partial charge in [0.2, 0.25) is 9.04 Å². The highest BCUT2D eigenvalue weighted by Gasteiger charge is 2.45. The van der Waals surface area contributed by atoms with Gasteiger partial charge in [0, 0.05) is 0 Å². The number of carbonyl (C=O) groups excluding carboxylic acids is 1. The lowest BCUT2D eigenvalue weighted by Crippen LogP contribution is -2.58. The summed E-state index contributed by atoms with van der Waals surface area (Å²) in [6.07, 6.45) is 4.78. The van der Waals surface area contributed by atoms with E-state index in [4.69, 9.17) is 31.0 Å². The third-order valence-corrected chi connectivity index (χ3v) is 23.8. The van der Waals surface area contributed by atoms with Crippen LogP contribution >= 0.6 is 0 Å². The van der Waals surface area contributed by atoms with Crippen LogP contribution < -0.4 is 0 Å². The van der Waals surface area contributed by atoms with Crippen molar-refractivity contribution in [2.45, 2.75) is 130 Å². The van der Waals surface area contributed by atoms with Crippen LogP contribution in [0.5, 0.6) is 0 Å². The minimum absolute atomic E-state index is 0.0780. The molecule has 0 saturated heterocycles. The van der Waals surface area contributed by atoms with Crippen molar-refractivity contribution in [3.05, 3.63) is 11.8 Å². The third kappa shape index (κ3) is 16.6. The van der Waals surface area contributed by atoms with Crippen LogP contribution in [0, 0.1) is 0 Å². The molecule has 8 nitrogen and oxygen atoms in total. The van der Waals surface area contributed by atoms with Gasteiger partial charge in [0.05, 0.1) is 24.2 Å². The fraction of sp³-hybridized carbons (Fsp3) is 0.875. The summed E-state index contributed by atoms with van der Waals surface area (Å²) >= 11 is 0. The summed E-state index contributed by atoms with van der Waals surface area (Å²) < 4.78 is 37.9. The molecule has 0 aliphatic rings. The Hall–Kier alpha value is -0.106. The molecule has 0 aliphatic carbocycles. The molecule has 0 amide bonds. The van der Waals surface area contributed by atoms with Crippen molar-refractivity contribution in [3.8, 4) is 0 Å². The van der Waals surface area contributed by atoms with E-state index in [-0.39, 0.29) is 17.9 Å². The van der Waals surface area contributed by atoms with Gasteiger partial charge in [-0.05, 0) is 85.2 Å². The van der Waals surface area contributed by atoms with Crippen LogP contribution in [-0.4, -0.2) is 72.6 Å². The van der Waals surface area contributed by atoms with Crippen LogP contribution in [-0.2, 0) is 30.7 Å². The summed E-state index contributed by atoms with van der Waals surface area (Å²) in [7, 11) is -10.5. The van der Waals surface area contributed by atoms with Crippen molar-refractivity contribution in [3.63, 3.8) is 0 Å². The van der Waals surface area contributed by atoms with Gasteiger partial charge >= 0.3 is 31.7 Å². The van der Waals surface area contributed by atoms with Gasteiger partial charge in [-0.2, -0.15) is 0 Å². The Balaban J connectivity index is 4.99. The van der Waals surface area contributed by atoms with Crippen LogP contribution in [0.1, 0.15) is 53.4 Å². The van der Waals surface area contributed by atoms with Crippen LogP contribution in [0.2, 0.25) is 65.0 Å². The molecule has 0 aliphatic heterocycles. The Morgan fingerprint density at radius 2 is 1.46 bits per heavy atom. The van der Waals surface area contributed by atoms with E-state index >= 15 is 0 Å². The summed E-state index contributed by atoms with van der Waals surface area (Å²) in [4.78, 5) is 11.8. The highest BCUT2D eigenvalue weighted by molar-refractivity contribution is 6.89. The molecule has 0 aromatic heterocycles.